The second-order valence-corrected chi connectivity index (χ2v) is 13.2. The van der Waals surface area contributed by atoms with Gasteiger partial charge in [0.1, 0.15) is 5.75 Å². The fourth-order valence-corrected chi connectivity index (χ4v) is 4.92. The van der Waals surface area contributed by atoms with E-state index in [0.717, 1.165) is 61.8 Å². The molecule has 276 valence electrons. The van der Waals surface area contributed by atoms with Crippen LogP contribution in [0.3, 0.4) is 0 Å². The number of rotatable bonds is 26. The number of benzene rings is 1. The molecular weight excluding hydrogens is 622 g/mol. The monoisotopic (exact) mass is 687 g/mol. The predicted molar refractivity (Wildman–Crippen MR) is 210 cm³/mol. The van der Waals surface area contributed by atoms with Crippen molar-refractivity contribution < 1.29 is 19.1 Å². The largest absolute Gasteiger partial charge is 0.493 e. The number of aryl methyl sites for hydroxylation is 2. The average Bonchev–Trinajstić information content (AvgIpc) is 3.08. The van der Waals surface area contributed by atoms with Gasteiger partial charge >= 0.3 is 0 Å². The molecule has 1 rings (SSSR count). The Morgan fingerprint density at radius 1 is 0.760 bits per heavy atom. The number of ether oxygens (including phenoxy) is 1. The molecule has 0 aliphatic carbocycles. The normalized spacial score (nSPS) is 12.4. The molecule has 3 amide bonds. The molecule has 7 heteroatoms. The molecule has 0 aliphatic rings. The van der Waals surface area contributed by atoms with Crippen LogP contribution in [0, 0.1) is 19.3 Å². The minimum Gasteiger partial charge on any atom is -0.493 e. The number of nitrogens with one attached hydrogen (secondary N) is 2. The quantitative estimate of drug-likeness (QED) is 0.0752. The zero-order valence-corrected chi connectivity index (χ0v) is 31.8. The molecule has 0 spiro atoms. The summed E-state index contributed by atoms with van der Waals surface area (Å²) in [5.41, 5.74) is 1.70. The number of allylic oxidation sites excluding steroid dienone is 12. The van der Waals surface area contributed by atoms with Crippen LogP contribution >= 0.6 is 0 Å². The first-order valence-electron chi connectivity index (χ1n) is 18.5. The molecule has 0 heterocycles. The Kier molecular flexibility index (Phi) is 24.3. The summed E-state index contributed by atoms with van der Waals surface area (Å²) in [6.07, 6.45) is 34.3. The lowest BCUT2D eigenvalue weighted by Crippen LogP contribution is -2.44. The van der Waals surface area contributed by atoms with Crippen LogP contribution < -0.4 is 15.4 Å². The molecule has 1 aromatic rings. The Morgan fingerprint density at radius 2 is 1.28 bits per heavy atom. The lowest BCUT2D eigenvalue weighted by Gasteiger charge is -2.26. The van der Waals surface area contributed by atoms with Crippen molar-refractivity contribution in [2.45, 2.75) is 106 Å². The predicted octanol–water partition coefficient (Wildman–Crippen LogP) is 9.05. The molecule has 0 unspecified atom stereocenters. The van der Waals surface area contributed by atoms with E-state index in [1.807, 2.05) is 39.8 Å². The summed E-state index contributed by atoms with van der Waals surface area (Å²) >= 11 is 0. The van der Waals surface area contributed by atoms with E-state index in [1.165, 1.54) is 6.92 Å². The van der Waals surface area contributed by atoms with Gasteiger partial charge in [-0.15, -0.1) is 0 Å². The van der Waals surface area contributed by atoms with E-state index in [4.69, 9.17) is 4.74 Å². The molecule has 7 nitrogen and oxygen atoms in total. The van der Waals surface area contributed by atoms with Gasteiger partial charge in [-0.05, 0) is 88.8 Å². The van der Waals surface area contributed by atoms with Crippen LogP contribution in [0.4, 0.5) is 0 Å². The first-order chi connectivity index (χ1) is 24.1. The summed E-state index contributed by atoms with van der Waals surface area (Å²) in [5, 5.41) is 5.88. The smallest absolute Gasteiger partial charge is 0.225 e. The van der Waals surface area contributed by atoms with Gasteiger partial charge in [-0.3, -0.25) is 14.4 Å². The van der Waals surface area contributed by atoms with Gasteiger partial charge in [0.15, 0.2) is 0 Å². The van der Waals surface area contributed by atoms with Gasteiger partial charge in [-0.25, -0.2) is 0 Å². The molecule has 1 aromatic carbocycles. The minimum absolute atomic E-state index is 0.0374. The minimum atomic E-state index is -0.552. The molecule has 0 bridgehead atoms. The lowest BCUT2D eigenvalue weighted by atomic mass is 9.87. The average molecular weight is 688 g/mol. The highest BCUT2D eigenvalue weighted by molar-refractivity contribution is 5.81. The summed E-state index contributed by atoms with van der Waals surface area (Å²) in [6, 6.07) is 6.15. The second kappa shape index (κ2) is 27.7. The summed E-state index contributed by atoms with van der Waals surface area (Å²) < 4.78 is 5.94. The van der Waals surface area contributed by atoms with Gasteiger partial charge in [-0.1, -0.05) is 106 Å². The van der Waals surface area contributed by atoms with Crippen molar-refractivity contribution in [3.8, 4) is 5.75 Å². The maximum Gasteiger partial charge on any atom is 0.225 e. The van der Waals surface area contributed by atoms with E-state index in [-0.39, 0.29) is 17.7 Å². The molecule has 2 N–H and O–H groups in total. The summed E-state index contributed by atoms with van der Waals surface area (Å²) in [4.78, 5) is 38.9. The third-order valence-electron chi connectivity index (χ3n) is 8.11. The van der Waals surface area contributed by atoms with Crippen LogP contribution in [0.5, 0.6) is 5.75 Å². The van der Waals surface area contributed by atoms with Gasteiger partial charge < -0.3 is 20.3 Å². The van der Waals surface area contributed by atoms with Crippen LogP contribution in [-0.4, -0.2) is 55.4 Å². The van der Waals surface area contributed by atoms with Crippen LogP contribution in [0.15, 0.2) is 91.1 Å². The first kappa shape index (κ1) is 43.9. The van der Waals surface area contributed by atoms with Crippen LogP contribution in [0.2, 0.25) is 0 Å². The standard InChI is InChI=1S/C43H65N3O4/c1-7-8-9-10-11-12-13-14-15-16-17-18-19-20-21-22-23-24-25-27-41(48)44-31-33-46(39(4)47)34-32-45-42(49)43(5,6)30-26-35-50-40-36-37(2)28-29-38(40)3/h8-9,11-12,14-15,17-18,20-21,23-24,28-29,36H,7,10,13,16,19,22,25-27,30-35H2,1-6H3,(H,44,48)(H,45,49). The van der Waals surface area contributed by atoms with Crippen LogP contribution in [-0.2, 0) is 14.4 Å². The molecule has 0 aromatic heterocycles. The number of nitrogens with zero attached hydrogens (tertiary/aromatic N) is 1. The molecule has 0 saturated carbocycles. The number of carbonyl (C=O) groups is 3. The summed E-state index contributed by atoms with van der Waals surface area (Å²) in [5.74, 6) is 0.715. The number of carbonyl (C=O) groups excluding carboxylic acids is 3. The van der Waals surface area contributed by atoms with E-state index in [2.05, 4.69) is 96.5 Å². The van der Waals surface area contributed by atoms with Crippen molar-refractivity contribution in [1.82, 2.24) is 15.5 Å². The van der Waals surface area contributed by atoms with Crippen LogP contribution in [0.25, 0.3) is 0 Å². The number of amides is 3. The molecule has 0 atom stereocenters. The molecule has 0 aliphatic heterocycles. The molecule has 50 heavy (non-hydrogen) atoms. The van der Waals surface area contributed by atoms with Crippen molar-refractivity contribution in [3.63, 3.8) is 0 Å². The third kappa shape index (κ3) is 22.5. The number of hydrogen-bond acceptors (Lipinski definition) is 4. The SMILES string of the molecule is CCC=CCC=CCC=CCC=CCC=CCC=CCCC(=O)NCCN(CCNC(=O)C(C)(C)CCCOc1cc(C)ccc1C)C(C)=O. The van der Waals surface area contributed by atoms with Gasteiger partial charge in [0.25, 0.3) is 0 Å². The Labute approximate surface area is 303 Å². The van der Waals surface area contributed by atoms with Crippen molar-refractivity contribution >= 4 is 17.7 Å². The maximum absolute atomic E-state index is 12.9. The van der Waals surface area contributed by atoms with Gasteiger partial charge in [0.2, 0.25) is 17.7 Å². The Morgan fingerprint density at radius 3 is 1.82 bits per heavy atom. The molecule has 0 saturated heterocycles. The van der Waals surface area contributed by atoms with Gasteiger partial charge in [-0.2, -0.15) is 0 Å². The Bertz CT molecular complexity index is 1300. The zero-order chi connectivity index (χ0) is 36.9. The summed E-state index contributed by atoms with van der Waals surface area (Å²) in [6.45, 7) is 13.7. The fraction of sp³-hybridized carbons (Fsp3) is 0.512. The van der Waals surface area contributed by atoms with E-state index in [9.17, 15) is 14.4 Å². The van der Waals surface area contributed by atoms with Gasteiger partial charge in [0, 0.05) is 44.9 Å². The Balaban J connectivity index is 2.16. The molecule has 0 fully saturated rings. The first-order valence-corrected chi connectivity index (χ1v) is 18.5. The lowest BCUT2D eigenvalue weighted by molar-refractivity contribution is -0.132. The van der Waals surface area contributed by atoms with E-state index < -0.39 is 5.41 Å². The van der Waals surface area contributed by atoms with Crippen molar-refractivity contribution in [2.75, 3.05) is 32.8 Å². The van der Waals surface area contributed by atoms with E-state index >= 15 is 0 Å². The molecular formula is C43H65N3O4. The molecule has 0 radical (unpaired) electrons. The second-order valence-electron chi connectivity index (χ2n) is 13.2. The summed E-state index contributed by atoms with van der Waals surface area (Å²) in [7, 11) is 0. The van der Waals surface area contributed by atoms with E-state index in [0.29, 0.717) is 52.0 Å². The highest BCUT2D eigenvalue weighted by atomic mass is 16.5. The highest BCUT2D eigenvalue weighted by Gasteiger charge is 2.27. The fourth-order valence-electron chi connectivity index (χ4n) is 4.92. The topological polar surface area (TPSA) is 87.7 Å². The maximum atomic E-state index is 12.9. The van der Waals surface area contributed by atoms with Crippen molar-refractivity contribution in [1.29, 1.82) is 0 Å². The van der Waals surface area contributed by atoms with Crippen molar-refractivity contribution in [2.24, 2.45) is 5.41 Å². The van der Waals surface area contributed by atoms with Crippen molar-refractivity contribution in [3.05, 3.63) is 102 Å². The third-order valence-corrected chi connectivity index (χ3v) is 8.11. The van der Waals surface area contributed by atoms with E-state index in [1.54, 1.807) is 4.90 Å². The van der Waals surface area contributed by atoms with Crippen LogP contribution in [0.1, 0.15) is 103 Å². The zero-order valence-electron chi connectivity index (χ0n) is 31.8. The van der Waals surface area contributed by atoms with Gasteiger partial charge in [0.05, 0.1) is 6.61 Å². The highest BCUT2D eigenvalue weighted by Crippen LogP contribution is 2.24. The Hall–Kier alpha value is -4.13. The number of hydrogen-bond donors (Lipinski definition) is 2.